The predicted octanol–water partition coefficient (Wildman–Crippen LogP) is 3.17. The molecule has 8 heteroatoms. The summed E-state index contributed by atoms with van der Waals surface area (Å²) in [5.41, 5.74) is 3.51. The highest BCUT2D eigenvalue weighted by Gasteiger charge is 2.22. The van der Waals surface area contributed by atoms with Crippen molar-refractivity contribution in [2.75, 3.05) is 19.0 Å². The van der Waals surface area contributed by atoms with Gasteiger partial charge in [0, 0.05) is 18.8 Å². The lowest BCUT2D eigenvalue weighted by molar-refractivity contribution is -0.115. The minimum absolute atomic E-state index is 0.132. The molecule has 30 heavy (non-hydrogen) atoms. The number of nitrogens with one attached hydrogen (secondary N) is 1. The van der Waals surface area contributed by atoms with Crippen LogP contribution in [0.2, 0.25) is 0 Å². The zero-order chi connectivity index (χ0) is 21.9. The number of sulfone groups is 1. The Labute approximate surface area is 177 Å². The van der Waals surface area contributed by atoms with E-state index in [-0.39, 0.29) is 23.3 Å². The second-order valence-corrected chi connectivity index (χ2v) is 10.1. The molecule has 0 aromatic heterocycles. The number of carbonyl (C=O) groups is 2. The van der Waals surface area contributed by atoms with Crippen molar-refractivity contribution in [3.63, 3.8) is 0 Å². The standard InChI is InChI=1S/C22H26N2O5S/c1-15(2)30(27,28)20-8-4-16(5-9-20)12-21(25)23-19-7-6-17-10-11-24(22(26)29-3)14-18(17)13-19/h4-9,13,15H,10-12,14H2,1-3H3,(H,23,25). The Bertz CT molecular complexity index is 1050. The summed E-state index contributed by atoms with van der Waals surface area (Å²) in [7, 11) is -1.97. The molecule has 0 aliphatic carbocycles. The van der Waals surface area contributed by atoms with Gasteiger partial charge in [0.2, 0.25) is 5.91 Å². The predicted molar refractivity (Wildman–Crippen MR) is 114 cm³/mol. The van der Waals surface area contributed by atoms with Crippen LogP contribution in [-0.4, -0.2) is 44.2 Å². The normalized spacial score (nSPS) is 13.7. The molecule has 0 saturated heterocycles. The molecule has 1 N–H and O–H groups in total. The number of amides is 2. The summed E-state index contributed by atoms with van der Waals surface area (Å²) in [6, 6.07) is 12.1. The number of fused-ring (bicyclic) bond motifs is 1. The summed E-state index contributed by atoms with van der Waals surface area (Å²) in [6.45, 7) is 4.32. The van der Waals surface area contributed by atoms with E-state index in [0.29, 0.717) is 18.8 Å². The van der Waals surface area contributed by atoms with E-state index in [1.165, 1.54) is 19.2 Å². The van der Waals surface area contributed by atoms with E-state index < -0.39 is 15.1 Å². The monoisotopic (exact) mass is 430 g/mol. The van der Waals surface area contributed by atoms with Gasteiger partial charge in [0.25, 0.3) is 0 Å². The molecule has 3 rings (SSSR count). The second kappa shape index (κ2) is 8.87. The summed E-state index contributed by atoms with van der Waals surface area (Å²) >= 11 is 0. The summed E-state index contributed by atoms with van der Waals surface area (Å²) in [5.74, 6) is -0.199. The highest BCUT2D eigenvalue weighted by molar-refractivity contribution is 7.92. The SMILES string of the molecule is COC(=O)N1CCc2ccc(NC(=O)Cc3ccc(S(=O)(=O)C(C)C)cc3)cc2C1. The van der Waals surface area contributed by atoms with Crippen LogP contribution in [0.5, 0.6) is 0 Å². The van der Waals surface area contributed by atoms with Gasteiger partial charge in [-0.1, -0.05) is 18.2 Å². The van der Waals surface area contributed by atoms with Crippen molar-refractivity contribution >= 4 is 27.5 Å². The molecule has 160 valence electrons. The van der Waals surface area contributed by atoms with Crippen LogP contribution in [0.3, 0.4) is 0 Å². The molecule has 1 aliphatic rings. The Morgan fingerprint density at radius 3 is 2.43 bits per heavy atom. The molecular formula is C22H26N2O5S. The Hall–Kier alpha value is -2.87. The molecule has 2 aromatic carbocycles. The van der Waals surface area contributed by atoms with Crippen LogP contribution in [0.4, 0.5) is 10.5 Å². The van der Waals surface area contributed by atoms with E-state index in [9.17, 15) is 18.0 Å². The molecule has 0 saturated carbocycles. The van der Waals surface area contributed by atoms with E-state index in [4.69, 9.17) is 4.74 Å². The Morgan fingerprint density at radius 2 is 1.80 bits per heavy atom. The highest BCUT2D eigenvalue weighted by Crippen LogP contribution is 2.23. The molecule has 0 fully saturated rings. The third-order valence-corrected chi connectivity index (χ3v) is 7.34. The summed E-state index contributed by atoms with van der Waals surface area (Å²) in [4.78, 5) is 26.1. The lowest BCUT2D eigenvalue weighted by Gasteiger charge is -2.28. The first kappa shape index (κ1) is 21.8. The molecule has 0 atom stereocenters. The smallest absolute Gasteiger partial charge is 0.409 e. The van der Waals surface area contributed by atoms with Crippen molar-refractivity contribution in [3.05, 3.63) is 59.2 Å². The van der Waals surface area contributed by atoms with Crippen molar-refractivity contribution in [1.29, 1.82) is 0 Å². The van der Waals surface area contributed by atoms with Gasteiger partial charge in [-0.15, -0.1) is 0 Å². The van der Waals surface area contributed by atoms with E-state index in [0.717, 1.165) is 23.1 Å². The minimum atomic E-state index is -3.33. The van der Waals surface area contributed by atoms with Gasteiger partial charge < -0.3 is 15.0 Å². The average molecular weight is 431 g/mol. The van der Waals surface area contributed by atoms with Gasteiger partial charge >= 0.3 is 6.09 Å². The molecule has 7 nitrogen and oxygen atoms in total. The van der Waals surface area contributed by atoms with E-state index >= 15 is 0 Å². The van der Waals surface area contributed by atoms with Crippen molar-refractivity contribution in [1.82, 2.24) is 4.90 Å². The number of carbonyl (C=O) groups excluding carboxylic acids is 2. The fourth-order valence-corrected chi connectivity index (χ4v) is 4.44. The van der Waals surface area contributed by atoms with Crippen molar-refractivity contribution in [2.45, 2.75) is 43.4 Å². The number of hydrogen-bond acceptors (Lipinski definition) is 5. The first-order valence-corrected chi connectivity index (χ1v) is 11.3. The fourth-order valence-electron chi connectivity index (χ4n) is 3.38. The summed E-state index contributed by atoms with van der Waals surface area (Å²) < 4.78 is 29.2. The van der Waals surface area contributed by atoms with Crippen LogP contribution < -0.4 is 5.32 Å². The van der Waals surface area contributed by atoms with Crippen LogP contribution in [0.15, 0.2) is 47.4 Å². The molecule has 0 bridgehead atoms. The Kier molecular flexibility index (Phi) is 6.45. The van der Waals surface area contributed by atoms with Gasteiger partial charge in [-0.3, -0.25) is 4.79 Å². The molecule has 2 amide bonds. The molecule has 1 heterocycles. The van der Waals surface area contributed by atoms with Gasteiger partial charge in [-0.05, 0) is 61.2 Å². The van der Waals surface area contributed by atoms with Crippen LogP contribution in [-0.2, 0) is 38.8 Å². The van der Waals surface area contributed by atoms with Crippen molar-refractivity contribution in [3.8, 4) is 0 Å². The molecule has 0 spiro atoms. The number of anilines is 1. The van der Waals surface area contributed by atoms with Crippen LogP contribution in [0.25, 0.3) is 0 Å². The van der Waals surface area contributed by atoms with Crippen LogP contribution in [0.1, 0.15) is 30.5 Å². The third kappa shape index (κ3) is 4.81. The maximum absolute atomic E-state index is 12.4. The number of hydrogen-bond donors (Lipinski definition) is 1. The lowest BCUT2D eigenvalue weighted by atomic mass is 9.99. The number of rotatable bonds is 5. The van der Waals surface area contributed by atoms with E-state index in [1.807, 2.05) is 18.2 Å². The Morgan fingerprint density at radius 1 is 1.10 bits per heavy atom. The van der Waals surface area contributed by atoms with Crippen molar-refractivity contribution < 1.29 is 22.7 Å². The lowest BCUT2D eigenvalue weighted by Crippen LogP contribution is -2.35. The second-order valence-electron chi connectivity index (χ2n) is 7.59. The summed E-state index contributed by atoms with van der Waals surface area (Å²) in [5, 5.41) is 2.38. The third-order valence-electron chi connectivity index (χ3n) is 5.17. The van der Waals surface area contributed by atoms with E-state index in [1.54, 1.807) is 30.9 Å². The van der Waals surface area contributed by atoms with Gasteiger partial charge in [0.15, 0.2) is 9.84 Å². The van der Waals surface area contributed by atoms with Gasteiger partial charge in [0.1, 0.15) is 0 Å². The van der Waals surface area contributed by atoms with Gasteiger partial charge in [-0.25, -0.2) is 13.2 Å². The number of nitrogens with zero attached hydrogens (tertiary/aromatic N) is 1. The van der Waals surface area contributed by atoms with Crippen LogP contribution >= 0.6 is 0 Å². The maximum atomic E-state index is 12.4. The molecule has 1 aliphatic heterocycles. The van der Waals surface area contributed by atoms with Crippen LogP contribution in [0, 0.1) is 0 Å². The maximum Gasteiger partial charge on any atom is 0.409 e. The molecule has 0 unspecified atom stereocenters. The minimum Gasteiger partial charge on any atom is -0.453 e. The Balaban J connectivity index is 1.65. The number of methoxy groups -OCH3 is 1. The average Bonchev–Trinajstić information content (AvgIpc) is 2.72. The van der Waals surface area contributed by atoms with Crippen molar-refractivity contribution in [2.24, 2.45) is 0 Å². The molecular weight excluding hydrogens is 404 g/mol. The zero-order valence-corrected chi connectivity index (χ0v) is 18.2. The van der Waals surface area contributed by atoms with E-state index in [2.05, 4.69) is 5.32 Å². The topological polar surface area (TPSA) is 92.8 Å². The molecule has 0 radical (unpaired) electrons. The first-order valence-electron chi connectivity index (χ1n) is 9.78. The first-order chi connectivity index (χ1) is 14.2. The highest BCUT2D eigenvalue weighted by atomic mass is 32.2. The number of benzene rings is 2. The largest absolute Gasteiger partial charge is 0.453 e. The molecule has 2 aromatic rings. The summed E-state index contributed by atoms with van der Waals surface area (Å²) in [6.07, 6.45) is 0.510. The zero-order valence-electron chi connectivity index (χ0n) is 17.3. The van der Waals surface area contributed by atoms with Gasteiger partial charge in [0.05, 0.1) is 23.7 Å². The van der Waals surface area contributed by atoms with Gasteiger partial charge in [-0.2, -0.15) is 0 Å². The quantitative estimate of drug-likeness (QED) is 0.787. The fraction of sp³-hybridized carbons (Fsp3) is 0.364. The number of ether oxygens (including phenoxy) is 1.